The molecule has 0 atom stereocenters. The summed E-state index contributed by atoms with van der Waals surface area (Å²) in [6.45, 7) is 18.6. The lowest BCUT2D eigenvalue weighted by atomic mass is 10.2. The van der Waals surface area contributed by atoms with Crippen LogP contribution in [0, 0.1) is 26.0 Å². The molecule has 2 fully saturated rings. The average molecular weight is 1530 g/mol. The van der Waals surface area contributed by atoms with Gasteiger partial charge >= 0.3 is 29.6 Å². The van der Waals surface area contributed by atoms with Crippen LogP contribution in [-0.2, 0) is 47.4 Å². The molecule has 91 heavy (non-hydrogen) atoms. The minimum Gasteiger partial charge on any atom is -0.466 e. The number of fused-ring (bicyclic) bond motifs is 2. The van der Waals surface area contributed by atoms with Crippen LogP contribution in [0.1, 0.15) is 55.9 Å². The van der Waals surface area contributed by atoms with Gasteiger partial charge in [0.15, 0.2) is 0 Å². The number of aldehydes is 1. The number of nitrogens with zero attached hydrogens (tertiary/aromatic N) is 9. The number of halogens is 5. The van der Waals surface area contributed by atoms with E-state index >= 15 is 0 Å². The van der Waals surface area contributed by atoms with E-state index in [1.807, 2.05) is 67.2 Å². The van der Waals surface area contributed by atoms with Crippen LogP contribution in [0.2, 0.25) is 0 Å². The van der Waals surface area contributed by atoms with Gasteiger partial charge in [-0.1, -0.05) is 30.3 Å². The van der Waals surface area contributed by atoms with E-state index in [9.17, 15) is 48.6 Å². The fourth-order valence-corrected chi connectivity index (χ4v) is 10.1. The summed E-state index contributed by atoms with van der Waals surface area (Å²) in [6, 6.07) is 26.2. The van der Waals surface area contributed by atoms with Crippen molar-refractivity contribution < 1.29 is 57.2 Å². The number of piperazine rings is 2. The molecule has 0 bridgehead atoms. The Morgan fingerprint density at radius 2 is 1.03 bits per heavy atom. The molecule has 0 aliphatic carbocycles. The van der Waals surface area contributed by atoms with Crippen LogP contribution in [0.4, 0.5) is 38.5 Å². The molecule has 496 valence electrons. The van der Waals surface area contributed by atoms with Crippen LogP contribution in [-0.4, -0.2) is 176 Å². The summed E-state index contributed by atoms with van der Waals surface area (Å²) < 4.78 is 37.7. The first-order chi connectivity index (χ1) is 43.3. The van der Waals surface area contributed by atoms with Gasteiger partial charge in [0, 0.05) is 113 Å². The lowest BCUT2D eigenvalue weighted by molar-refractivity contribution is -0.387. The molecule has 4 heterocycles. The molecule has 2 aromatic heterocycles. The Bertz CT molecular complexity index is 3470. The van der Waals surface area contributed by atoms with E-state index in [1.165, 1.54) is 38.2 Å². The molecule has 5 aromatic carbocycles. The molecule has 5 N–H and O–H groups in total. The Hall–Kier alpha value is -7.68. The van der Waals surface area contributed by atoms with E-state index in [0.717, 1.165) is 93.4 Å². The summed E-state index contributed by atoms with van der Waals surface area (Å²) in [4.78, 5) is 87.9. The zero-order valence-electron chi connectivity index (χ0n) is 52.5. The SMILES string of the molecule is CCOC(=O)C=O.CCOC(=O)c1nc2cccc(Br)c2n1C.CCOC(=O)c1nc2cccc(N3CCN(C)CC3)c2n1C.CCOC(C)=O.CN1CCNCC1.CNc1c(Br)cccc1[N+](=O)[O-].CNc1c(N)cccc1Br.O=[N+]([O-])c1cccc(Br)c1F. The van der Waals surface area contributed by atoms with Crippen LogP contribution >= 0.6 is 63.7 Å². The summed E-state index contributed by atoms with van der Waals surface area (Å²) in [7, 11) is 11.5. The molecule has 31 heteroatoms. The highest BCUT2D eigenvalue weighted by molar-refractivity contribution is 9.11. The van der Waals surface area contributed by atoms with Gasteiger partial charge in [-0.15, -0.1) is 0 Å². The van der Waals surface area contributed by atoms with Crippen LogP contribution in [0.25, 0.3) is 22.1 Å². The number of esters is 4. The van der Waals surface area contributed by atoms with Crippen molar-refractivity contribution in [2.75, 3.05) is 128 Å². The van der Waals surface area contributed by atoms with E-state index in [0.29, 0.717) is 41.6 Å². The molecular formula is C60H78Br4FN13O13. The number of carbonyl (C=O) groups is 5. The molecular weight excluding hydrogens is 1450 g/mol. The number of para-hydroxylation sites is 4. The monoisotopic (exact) mass is 1520 g/mol. The number of aromatic nitrogens is 4. The number of anilines is 4. The van der Waals surface area contributed by atoms with Gasteiger partial charge in [-0.05, 0) is 154 Å². The molecule has 0 spiro atoms. The number of hydrogen-bond donors (Lipinski definition) is 4. The second-order valence-electron chi connectivity index (χ2n) is 18.7. The van der Waals surface area contributed by atoms with Gasteiger partial charge in [0.2, 0.25) is 23.8 Å². The average Bonchev–Trinajstić information content (AvgIpc) is 1.68. The number of nitrogens with one attached hydrogen (secondary N) is 3. The fourth-order valence-electron chi connectivity index (χ4n) is 8.04. The number of benzene rings is 5. The molecule has 2 aliphatic heterocycles. The summed E-state index contributed by atoms with van der Waals surface area (Å²) >= 11 is 12.8. The number of nitrogens with two attached hydrogens (primary N) is 1. The number of carbonyl (C=O) groups excluding carboxylic acids is 5. The van der Waals surface area contributed by atoms with Crippen molar-refractivity contribution in [3.8, 4) is 0 Å². The number of rotatable bonds is 12. The van der Waals surface area contributed by atoms with Crippen LogP contribution in [0.5, 0.6) is 0 Å². The molecule has 2 aliphatic rings. The standard InChI is InChI=1S/C16H22N4O2.C11H11BrN2O2.C7H7BrN2O2.C7H9BrN2.C6H3BrFNO2.C5H12N2.C4H6O3.C4H8O2/c1-4-22-16(21)15-17-12-6-5-7-13(14(12)19(15)3)20-10-8-18(2)9-11-20;1-3-16-11(15)10-13-8-6-4-5-7(12)9(8)14(10)2;1-9-7-5(8)3-2-4-6(7)10(11)12;1-10-7-5(8)3-2-4-6(7)9;7-4-2-1-3-5(6(4)8)9(10)11;1-7-4-2-6-3-5-7;1-2-7-4(6)3-5;1-3-6-4(2)5/h5-7H,4,8-11H2,1-3H3;4-6H,3H2,1-2H3;2-4,9H,1H3;2-4,10H,9H2,1H3;1-3H;6H,2-5H2,1H3;3H,2H2,1H3;3H2,1-2H3. The van der Waals surface area contributed by atoms with E-state index in [-0.39, 0.29) is 35.0 Å². The highest BCUT2D eigenvalue weighted by atomic mass is 79.9. The molecule has 0 radical (unpaired) electrons. The van der Waals surface area contributed by atoms with Gasteiger partial charge in [0.05, 0.1) is 79.9 Å². The van der Waals surface area contributed by atoms with E-state index < -0.39 is 33.3 Å². The normalized spacial score (nSPS) is 12.3. The van der Waals surface area contributed by atoms with E-state index in [4.69, 9.17) is 15.2 Å². The molecule has 0 saturated carbocycles. The fraction of sp³-hybridized carbons (Fsp3) is 0.383. The Kier molecular flexibility index (Phi) is 37.0. The second kappa shape index (κ2) is 42.4. The van der Waals surface area contributed by atoms with Gasteiger partial charge in [-0.3, -0.25) is 29.8 Å². The van der Waals surface area contributed by atoms with E-state index in [2.05, 4.69) is 134 Å². The van der Waals surface area contributed by atoms with Crippen molar-refractivity contribution in [3.05, 3.63) is 147 Å². The first-order valence-corrected chi connectivity index (χ1v) is 31.3. The zero-order chi connectivity index (χ0) is 68.3. The Labute approximate surface area is 561 Å². The largest absolute Gasteiger partial charge is 0.466 e. The predicted octanol–water partition coefficient (Wildman–Crippen LogP) is 10.8. The number of aryl methyl sites for hydroxylation is 2. The highest BCUT2D eigenvalue weighted by Crippen LogP contribution is 2.32. The predicted molar refractivity (Wildman–Crippen MR) is 365 cm³/mol. The van der Waals surface area contributed by atoms with E-state index in [1.54, 1.807) is 58.5 Å². The maximum absolute atomic E-state index is 12.8. The van der Waals surface area contributed by atoms with Crippen LogP contribution < -0.4 is 26.6 Å². The maximum Gasteiger partial charge on any atom is 0.374 e. The molecule has 0 unspecified atom stereocenters. The maximum atomic E-state index is 12.8. The van der Waals surface area contributed by atoms with Crippen molar-refractivity contribution in [2.24, 2.45) is 14.1 Å². The minimum absolute atomic E-state index is 0.0758. The number of likely N-dealkylation sites (N-methyl/N-ethyl adjacent to an activating group) is 2. The Morgan fingerprint density at radius 3 is 1.42 bits per heavy atom. The van der Waals surface area contributed by atoms with Crippen LogP contribution in [0.3, 0.4) is 0 Å². The highest BCUT2D eigenvalue weighted by Gasteiger charge is 2.23. The molecule has 2 saturated heterocycles. The number of ether oxygens (including phenoxy) is 4. The summed E-state index contributed by atoms with van der Waals surface area (Å²) in [5, 5.41) is 29.6. The quantitative estimate of drug-likeness (QED) is 0.0168. The Balaban J connectivity index is 0.000000368. The van der Waals surface area contributed by atoms with Gasteiger partial charge in [-0.2, -0.15) is 4.39 Å². The summed E-state index contributed by atoms with van der Waals surface area (Å²) in [6.07, 6.45) is 0.142. The number of nitrogen functional groups attached to an aromatic ring is 1. The number of hydrogen-bond acceptors (Lipinski definition) is 22. The lowest BCUT2D eigenvalue weighted by Crippen LogP contribution is -2.44. The van der Waals surface area contributed by atoms with Gasteiger partial charge in [0.1, 0.15) is 5.69 Å². The van der Waals surface area contributed by atoms with Crippen molar-refractivity contribution in [3.63, 3.8) is 0 Å². The van der Waals surface area contributed by atoms with Gasteiger partial charge < -0.3 is 64.5 Å². The van der Waals surface area contributed by atoms with Gasteiger partial charge in [0.25, 0.3) is 5.69 Å². The third-order valence-electron chi connectivity index (χ3n) is 12.4. The van der Waals surface area contributed by atoms with Crippen molar-refractivity contribution in [1.29, 1.82) is 0 Å². The third-order valence-corrected chi connectivity index (χ3v) is 15.0. The van der Waals surface area contributed by atoms with Crippen molar-refractivity contribution in [1.82, 2.24) is 34.2 Å². The first kappa shape index (κ1) is 79.4. The molecule has 9 rings (SSSR count). The zero-order valence-corrected chi connectivity index (χ0v) is 58.9. The summed E-state index contributed by atoms with van der Waals surface area (Å²) in [5.41, 5.74) is 12.0. The summed E-state index contributed by atoms with van der Waals surface area (Å²) in [5.74, 6) is -1.93. The molecule has 7 aromatic rings. The third kappa shape index (κ3) is 26.2. The van der Waals surface area contributed by atoms with Crippen LogP contribution in [0.15, 0.2) is 109 Å². The lowest BCUT2D eigenvalue weighted by Gasteiger charge is -2.34. The number of nitro groups is 2. The smallest absolute Gasteiger partial charge is 0.374 e. The topological polar surface area (TPSA) is 316 Å². The van der Waals surface area contributed by atoms with Crippen molar-refractivity contribution >= 4 is 150 Å². The first-order valence-electron chi connectivity index (χ1n) is 28.2. The molecule has 26 nitrogen and oxygen atoms in total. The Morgan fingerprint density at radius 1 is 0.604 bits per heavy atom. The van der Waals surface area contributed by atoms with Crippen molar-refractivity contribution in [2.45, 2.75) is 34.6 Å². The number of imidazole rings is 2. The molecule has 0 amide bonds. The second-order valence-corrected chi connectivity index (χ2v) is 22.2. The number of nitro benzene ring substituents is 2. The minimum atomic E-state index is -0.836. The van der Waals surface area contributed by atoms with Gasteiger partial charge in [-0.25, -0.2) is 24.4 Å².